The van der Waals surface area contributed by atoms with Crippen molar-refractivity contribution >= 4 is 74.9 Å². The first kappa shape index (κ1) is 47.9. The molecule has 24 heteroatoms. The third kappa shape index (κ3) is 11.5. The largest absolute Gasteiger partial charge is 0.508 e. The lowest BCUT2D eigenvalue weighted by Crippen LogP contribution is -2.62. The topological polar surface area (TPSA) is 355 Å². The molecule has 3 aliphatic heterocycles. The number of amides is 8. The molecular weight excluding hydrogens is 851 g/mol. The van der Waals surface area contributed by atoms with Crippen molar-refractivity contribution in [1.29, 1.82) is 0 Å². The Morgan fingerprint density at radius 2 is 1.51 bits per heavy atom. The Morgan fingerprint density at radius 1 is 0.841 bits per heavy atom. The van der Waals surface area contributed by atoms with E-state index in [9.17, 15) is 67.8 Å². The van der Waals surface area contributed by atoms with E-state index in [4.69, 9.17) is 0 Å². The number of aromatic hydroxyl groups is 1. The summed E-state index contributed by atoms with van der Waals surface area (Å²) < 4.78 is 14.5. The third-order valence-electron chi connectivity index (χ3n) is 11.5. The highest BCUT2D eigenvalue weighted by atomic mass is 32.2. The predicted octanol–water partition coefficient (Wildman–Crippen LogP) is -4.29. The molecule has 8 amide bonds. The second kappa shape index (κ2) is 20.4. The SMILES string of the molecule is CCC(C)[C@@H]1NC(=O)CNC(=O)[C@@H]2Cc3c([nH]c4cc(O)ccc34)S(=O)C[C@H](NC(=O)CNC1=O)C(=O)N[C@@H](CC(=O)O)C(=O)N1C[C@H](O)C[C@H]1C(=O)N[C@@H]([C@@H](C)[C@H](C)O)C(=O)N2. The molecule has 1 aromatic carbocycles. The summed E-state index contributed by atoms with van der Waals surface area (Å²) in [7, 11) is -2.38. The highest BCUT2D eigenvalue weighted by molar-refractivity contribution is 7.85. The van der Waals surface area contributed by atoms with Crippen LogP contribution in [0.15, 0.2) is 23.2 Å². The Hall–Kier alpha value is -6.14. The summed E-state index contributed by atoms with van der Waals surface area (Å²) >= 11 is 0. The van der Waals surface area contributed by atoms with Crippen LogP contribution in [0.3, 0.4) is 0 Å². The molecular formula is C39H53N9O14S. The molecule has 0 aliphatic carbocycles. The van der Waals surface area contributed by atoms with Gasteiger partial charge in [0.2, 0.25) is 47.3 Å². The van der Waals surface area contributed by atoms with Crippen molar-refractivity contribution in [2.24, 2.45) is 11.8 Å². The quantitative estimate of drug-likeness (QED) is 0.131. The molecule has 12 N–H and O–H groups in total. The van der Waals surface area contributed by atoms with E-state index in [-0.39, 0.29) is 27.2 Å². The van der Waals surface area contributed by atoms with Crippen molar-refractivity contribution < 1.29 is 67.8 Å². The first-order valence-corrected chi connectivity index (χ1v) is 21.7. The molecule has 0 radical (unpaired) electrons. The number of hydrogen-bond acceptors (Lipinski definition) is 13. The highest BCUT2D eigenvalue weighted by Crippen LogP contribution is 2.30. The van der Waals surface area contributed by atoms with E-state index in [1.165, 1.54) is 32.0 Å². The minimum absolute atomic E-state index is 0.101. The van der Waals surface area contributed by atoms with Gasteiger partial charge in [-0.25, -0.2) is 0 Å². The van der Waals surface area contributed by atoms with E-state index in [1.54, 1.807) is 13.8 Å². The Morgan fingerprint density at radius 3 is 2.16 bits per heavy atom. The van der Waals surface area contributed by atoms with Crippen LogP contribution in [0, 0.1) is 11.8 Å². The van der Waals surface area contributed by atoms with Crippen molar-refractivity contribution in [2.45, 2.75) is 107 Å². The summed E-state index contributed by atoms with van der Waals surface area (Å²) in [6, 6.07) is -5.86. The molecule has 0 saturated carbocycles. The maximum atomic E-state index is 14.5. The van der Waals surface area contributed by atoms with Crippen LogP contribution >= 0.6 is 0 Å². The standard InChI is InChI=1S/C39H53N9O14S/c1-5-16(2)31-36(59)41-12-28(52)42-26-15-63(62)38-22(21-7-6-19(50)8-23(21)45-38)10-24(33(56)40-13-29(53)46-31)43-37(60)32(17(3)18(4)49)47-35(58)27-9-20(51)14-48(27)39(61)25(11-30(54)55)44-34(26)57/h6-8,16-18,20,24-27,31-32,45,49-51H,5,9-15H2,1-4H3,(H,40,56)(H,41,59)(H,42,52)(H,43,60)(H,44,57)(H,46,53)(H,47,58)(H,54,55)/t16?,17-,18-,20+,24-,25-,26-,27-,31-,32-,63?/m0/s1. The number of carboxylic acids is 1. The minimum atomic E-state index is -2.38. The number of aromatic amines is 1. The van der Waals surface area contributed by atoms with Crippen molar-refractivity contribution in [1.82, 2.24) is 47.1 Å². The number of nitrogens with one attached hydrogen (secondary N) is 8. The lowest BCUT2D eigenvalue weighted by atomic mass is 9.94. The number of fused-ring (bicyclic) bond motifs is 5. The van der Waals surface area contributed by atoms with Crippen LogP contribution in [0.5, 0.6) is 5.75 Å². The smallest absolute Gasteiger partial charge is 0.305 e. The van der Waals surface area contributed by atoms with Gasteiger partial charge in [-0.05, 0) is 30.5 Å². The lowest BCUT2D eigenvalue weighted by Gasteiger charge is -2.32. The average molecular weight is 904 g/mol. The summed E-state index contributed by atoms with van der Waals surface area (Å²) in [4.78, 5) is 127. The summed E-state index contributed by atoms with van der Waals surface area (Å²) in [6.07, 6.45) is -4.17. The van der Waals surface area contributed by atoms with Gasteiger partial charge in [-0.15, -0.1) is 0 Å². The molecule has 11 atom stereocenters. The number of phenolic OH excluding ortho intramolecular Hbond substituents is 1. The first-order chi connectivity index (χ1) is 29.7. The number of carbonyl (C=O) groups excluding carboxylic acids is 8. The molecule has 344 valence electrons. The van der Waals surface area contributed by atoms with Crippen LogP contribution < -0.4 is 37.2 Å². The molecule has 23 nitrogen and oxygen atoms in total. The van der Waals surface area contributed by atoms with Crippen molar-refractivity contribution in [3.05, 3.63) is 23.8 Å². The number of rotatable bonds is 6. The predicted molar refractivity (Wildman–Crippen MR) is 219 cm³/mol. The fourth-order valence-corrected chi connectivity index (χ4v) is 8.96. The van der Waals surface area contributed by atoms with E-state index < -0.39 is 169 Å². The number of aliphatic carboxylic acids is 1. The van der Waals surface area contributed by atoms with Gasteiger partial charge in [-0.3, -0.25) is 47.4 Å². The molecule has 2 aromatic rings. The summed E-state index contributed by atoms with van der Waals surface area (Å²) in [5.41, 5.74) is 0.283. The summed E-state index contributed by atoms with van der Waals surface area (Å²) in [5, 5.41) is 58.7. The van der Waals surface area contributed by atoms with Gasteiger partial charge in [-0.2, -0.15) is 0 Å². The Labute approximate surface area is 362 Å². The maximum Gasteiger partial charge on any atom is 0.305 e. The van der Waals surface area contributed by atoms with Crippen LogP contribution in [-0.4, -0.2) is 162 Å². The van der Waals surface area contributed by atoms with E-state index in [0.717, 1.165) is 4.90 Å². The number of hydrogen-bond donors (Lipinski definition) is 12. The van der Waals surface area contributed by atoms with Crippen LogP contribution in [0.4, 0.5) is 0 Å². The Balaban J connectivity index is 1.73. The van der Waals surface area contributed by atoms with Gasteiger partial charge < -0.3 is 67.5 Å². The molecule has 2 unspecified atom stereocenters. The van der Waals surface area contributed by atoms with Gasteiger partial charge in [0.15, 0.2) is 0 Å². The van der Waals surface area contributed by atoms with Crippen LogP contribution in [0.25, 0.3) is 10.9 Å². The number of carboxylic acid groups (broad SMARTS) is 1. The fourth-order valence-electron chi connectivity index (χ4n) is 7.56. The maximum absolute atomic E-state index is 14.5. The molecule has 2 bridgehead atoms. The van der Waals surface area contributed by atoms with Crippen LogP contribution in [0.1, 0.15) is 52.5 Å². The Kier molecular flexibility index (Phi) is 15.5. The normalized spacial score (nSPS) is 28.8. The molecule has 4 heterocycles. The fraction of sp³-hybridized carbons (Fsp3) is 0.564. The molecule has 3 aliphatic rings. The van der Waals surface area contributed by atoms with Crippen molar-refractivity contribution in [3.63, 3.8) is 0 Å². The van der Waals surface area contributed by atoms with Crippen molar-refractivity contribution in [3.8, 4) is 5.75 Å². The van der Waals surface area contributed by atoms with Gasteiger partial charge in [0.1, 0.15) is 47.0 Å². The van der Waals surface area contributed by atoms with E-state index >= 15 is 0 Å². The van der Waals surface area contributed by atoms with E-state index in [1.807, 2.05) is 0 Å². The van der Waals surface area contributed by atoms with Gasteiger partial charge in [0.25, 0.3) is 0 Å². The van der Waals surface area contributed by atoms with Gasteiger partial charge >= 0.3 is 5.97 Å². The second-order valence-electron chi connectivity index (χ2n) is 16.1. The summed E-state index contributed by atoms with van der Waals surface area (Å²) in [6.45, 7) is 4.12. The summed E-state index contributed by atoms with van der Waals surface area (Å²) in [5.74, 6) is -12.2. The molecule has 1 aromatic heterocycles. The average Bonchev–Trinajstić information content (AvgIpc) is 3.80. The van der Waals surface area contributed by atoms with Crippen molar-refractivity contribution in [2.75, 3.05) is 25.4 Å². The highest BCUT2D eigenvalue weighted by Gasteiger charge is 2.45. The number of H-pyrrole nitrogens is 1. The van der Waals surface area contributed by atoms with Gasteiger partial charge in [0.05, 0.1) is 53.8 Å². The second-order valence-corrected chi connectivity index (χ2v) is 17.5. The van der Waals surface area contributed by atoms with Crippen LogP contribution in [-0.2, 0) is 60.4 Å². The first-order valence-electron chi connectivity index (χ1n) is 20.3. The zero-order valence-electron chi connectivity index (χ0n) is 34.9. The zero-order valence-corrected chi connectivity index (χ0v) is 35.7. The van der Waals surface area contributed by atoms with E-state index in [0.29, 0.717) is 6.42 Å². The number of carbonyl (C=O) groups is 9. The van der Waals surface area contributed by atoms with Gasteiger partial charge in [0, 0.05) is 36.8 Å². The number of aliphatic hydroxyl groups excluding tert-OH is 2. The number of aromatic nitrogens is 1. The number of nitrogens with zero attached hydrogens (tertiary/aromatic N) is 1. The number of aliphatic hydroxyl groups is 2. The van der Waals surface area contributed by atoms with Gasteiger partial charge in [-0.1, -0.05) is 27.2 Å². The molecule has 0 spiro atoms. The third-order valence-corrected chi connectivity index (χ3v) is 12.9. The molecule has 63 heavy (non-hydrogen) atoms. The number of benzene rings is 1. The van der Waals surface area contributed by atoms with E-state index in [2.05, 4.69) is 42.2 Å². The monoisotopic (exact) mass is 903 g/mol. The minimum Gasteiger partial charge on any atom is -0.508 e. The Bertz CT molecular complexity index is 2180. The van der Waals surface area contributed by atoms with Crippen LogP contribution in [0.2, 0.25) is 0 Å². The lowest BCUT2D eigenvalue weighted by molar-refractivity contribution is -0.146. The molecule has 1 fully saturated rings. The molecule has 1 saturated heterocycles. The molecule has 5 rings (SSSR count). The zero-order chi connectivity index (χ0) is 46.4. The number of phenols is 1.